The third-order valence-corrected chi connectivity index (χ3v) is 3.61. The maximum Gasteiger partial charge on any atom is 0.314 e. The summed E-state index contributed by atoms with van der Waals surface area (Å²) >= 11 is 0. The summed E-state index contributed by atoms with van der Waals surface area (Å²) in [7, 11) is 0. The lowest BCUT2D eigenvalue weighted by molar-refractivity contribution is 0.116. The Morgan fingerprint density at radius 1 is 1.07 bits per heavy atom. The van der Waals surface area contributed by atoms with Crippen molar-refractivity contribution in [3.63, 3.8) is 0 Å². The minimum atomic E-state index is -2.83. The normalized spacial score (nSPS) is 11.3. The first-order valence-corrected chi connectivity index (χ1v) is 7.67. The van der Waals surface area contributed by atoms with Crippen molar-refractivity contribution in [2.45, 2.75) is 13.0 Å². The first kappa shape index (κ1) is 16.8. The van der Waals surface area contributed by atoms with Crippen molar-refractivity contribution in [2.24, 2.45) is 0 Å². The zero-order valence-corrected chi connectivity index (χ0v) is 13.5. The van der Waals surface area contributed by atoms with Crippen LogP contribution in [0.15, 0.2) is 47.4 Å². The molecule has 4 aromatic heterocycles. The molecular weight excluding hydrogens is 363 g/mol. The first-order chi connectivity index (χ1) is 13.1. The van der Waals surface area contributed by atoms with E-state index in [9.17, 15) is 13.2 Å². The van der Waals surface area contributed by atoms with E-state index in [0.717, 1.165) is 6.20 Å². The van der Waals surface area contributed by atoms with E-state index in [0.29, 0.717) is 22.5 Å². The quantitative estimate of drug-likeness (QED) is 0.531. The average Bonchev–Trinajstić information content (AvgIpc) is 3.33. The number of pyridine rings is 2. The van der Waals surface area contributed by atoms with Crippen molar-refractivity contribution < 1.29 is 17.6 Å². The summed E-state index contributed by atoms with van der Waals surface area (Å²) < 4.78 is 45.1. The van der Waals surface area contributed by atoms with Crippen LogP contribution in [0.2, 0.25) is 0 Å². The molecule has 136 valence electrons. The van der Waals surface area contributed by atoms with Crippen molar-refractivity contribution in [3.8, 4) is 22.7 Å². The zero-order valence-electron chi connectivity index (χ0n) is 13.5. The number of nitrogens with zero attached hydrogens (tertiary/aromatic N) is 7. The molecule has 0 saturated carbocycles. The van der Waals surface area contributed by atoms with Crippen LogP contribution in [0.4, 0.5) is 13.2 Å². The first-order valence-electron chi connectivity index (χ1n) is 7.67. The van der Waals surface area contributed by atoms with Crippen molar-refractivity contribution in [1.82, 2.24) is 35.2 Å². The van der Waals surface area contributed by atoms with Gasteiger partial charge in [0.15, 0.2) is 5.82 Å². The standard InChI is InChI=1S/C16H10F3N7O/c17-12-6-20-4-3-11(12)13-8-26(25-22-13)7-10-2-1-9(5-21-10)15-23-24-16(27-15)14(18)19/h1-6,8,14H,7H2. The smallest absolute Gasteiger partial charge is 0.314 e. The largest absolute Gasteiger partial charge is 0.415 e. The van der Waals surface area contributed by atoms with E-state index in [4.69, 9.17) is 4.42 Å². The zero-order chi connectivity index (χ0) is 18.8. The molecule has 0 radical (unpaired) electrons. The minimum absolute atomic E-state index is 0.0412. The van der Waals surface area contributed by atoms with Crippen molar-refractivity contribution >= 4 is 0 Å². The van der Waals surface area contributed by atoms with Crippen molar-refractivity contribution in [3.05, 3.63) is 60.4 Å². The molecular formula is C16H10F3N7O. The fourth-order valence-corrected chi connectivity index (χ4v) is 2.33. The molecule has 0 spiro atoms. The number of rotatable bonds is 5. The van der Waals surface area contributed by atoms with Gasteiger partial charge in [0.25, 0.3) is 5.89 Å². The SMILES string of the molecule is Fc1cnccc1-c1cn(Cc2ccc(-c3nnc(C(F)F)o3)cn2)nn1. The number of halogens is 3. The Morgan fingerprint density at radius 2 is 1.96 bits per heavy atom. The lowest BCUT2D eigenvalue weighted by atomic mass is 10.2. The van der Waals surface area contributed by atoms with E-state index in [1.807, 2.05) is 0 Å². The fourth-order valence-electron chi connectivity index (χ4n) is 2.33. The lowest BCUT2D eigenvalue weighted by Crippen LogP contribution is -2.02. The summed E-state index contributed by atoms with van der Waals surface area (Å²) in [4.78, 5) is 7.91. The molecule has 0 aliphatic heterocycles. The molecule has 4 rings (SSSR count). The molecule has 0 N–H and O–H groups in total. The molecule has 8 nitrogen and oxygen atoms in total. The Hall–Kier alpha value is -3.63. The Balaban J connectivity index is 1.50. The van der Waals surface area contributed by atoms with Crippen LogP contribution in [0.3, 0.4) is 0 Å². The molecule has 0 saturated heterocycles. The Morgan fingerprint density at radius 3 is 2.67 bits per heavy atom. The van der Waals surface area contributed by atoms with Gasteiger partial charge < -0.3 is 4.42 Å². The third-order valence-electron chi connectivity index (χ3n) is 3.61. The highest BCUT2D eigenvalue weighted by Gasteiger charge is 2.17. The molecule has 0 unspecified atom stereocenters. The van der Waals surface area contributed by atoms with Crippen LogP contribution in [-0.4, -0.2) is 35.2 Å². The molecule has 4 aromatic rings. The molecule has 0 amide bonds. The van der Waals surface area contributed by atoms with Crippen LogP contribution in [-0.2, 0) is 6.54 Å². The molecule has 0 atom stereocenters. The predicted octanol–water partition coefficient (Wildman–Crippen LogP) is 2.91. The van der Waals surface area contributed by atoms with Gasteiger partial charge in [0.2, 0.25) is 5.89 Å². The number of alkyl halides is 2. The highest BCUT2D eigenvalue weighted by Crippen LogP contribution is 2.23. The maximum absolute atomic E-state index is 13.7. The summed E-state index contributed by atoms with van der Waals surface area (Å²) in [6, 6.07) is 4.79. The van der Waals surface area contributed by atoms with E-state index in [1.165, 1.54) is 23.1 Å². The van der Waals surface area contributed by atoms with Gasteiger partial charge in [-0.3, -0.25) is 9.97 Å². The van der Waals surface area contributed by atoms with Gasteiger partial charge in [0, 0.05) is 18.0 Å². The highest BCUT2D eigenvalue weighted by atomic mass is 19.3. The van der Waals surface area contributed by atoms with Gasteiger partial charge in [0.1, 0.15) is 5.69 Å². The van der Waals surface area contributed by atoms with Crippen molar-refractivity contribution in [2.75, 3.05) is 0 Å². The van der Waals surface area contributed by atoms with E-state index in [2.05, 4.69) is 30.5 Å². The van der Waals surface area contributed by atoms with Crippen LogP contribution in [0.25, 0.3) is 22.7 Å². The van der Waals surface area contributed by atoms with Crippen molar-refractivity contribution in [1.29, 1.82) is 0 Å². The second-order valence-electron chi connectivity index (χ2n) is 5.44. The van der Waals surface area contributed by atoms with Crippen LogP contribution in [0.1, 0.15) is 18.0 Å². The van der Waals surface area contributed by atoms with E-state index >= 15 is 0 Å². The summed E-state index contributed by atoms with van der Waals surface area (Å²) in [5, 5.41) is 14.7. The molecule has 0 aliphatic rings. The summed E-state index contributed by atoms with van der Waals surface area (Å²) in [5.41, 5.74) is 1.71. The second-order valence-corrected chi connectivity index (χ2v) is 5.44. The molecule has 4 heterocycles. The number of aromatic nitrogens is 7. The van der Waals surface area contributed by atoms with Gasteiger partial charge in [-0.05, 0) is 18.2 Å². The summed E-state index contributed by atoms with van der Waals surface area (Å²) in [6.45, 7) is 0.284. The second kappa shape index (κ2) is 6.94. The van der Waals surface area contributed by atoms with Gasteiger partial charge in [-0.2, -0.15) is 8.78 Å². The minimum Gasteiger partial charge on any atom is -0.415 e. The molecule has 0 aromatic carbocycles. The van der Waals surface area contributed by atoms with Gasteiger partial charge >= 0.3 is 6.43 Å². The monoisotopic (exact) mass is 373 g/mol. The van der Waals surface area contributed by atoms with Crippen LogP contribution >= 0.6 is 0 Å². The molecule has 27 heavy (non-hydrogen) atoms. The van der Waals surface area contributed by atoms with Crippen LogP contribution in [0, 0.1) is 5.82 Å². The average molecular weight is 373 g/mol. The maximum atomic E-state index is 13.7. The molecule has 0 fully saturated rings. The summed E-state index contributed by atoms with van der Waals surface area (Å²) in [5.74, 6) is -1.28. The van der Waals surface area contributed by atoms with Crippen LogP contribution < -0.4 is 0 Å². The predicted molar refractivity (Wildman–Crippen MR) is 84.8 cm³/mol. The highest BCUT2D eigenvalue weighted by molar-refractivity contribution is 5.57. The molecule has 0 aliphatic carbocycles. The Bertz CT molecular complexity index is 1060. The lowest BCUT2D eigenvalue weighted by Gasteiger charge is -2.01. The topological polar surface area (TPSA) is 95.4 Å². The van der Waals surface area contributed by atoms with Gasteiger partial charge in [-0.15, -0.1) is 15.3 Å². The van der Waals surface area contributed by atoms with Gasteiger partial charge in [-0.25, -0.2) is 9.07 Å². The molecule has 0 bridgehead atoms. The number of hydrogen-bond donors (Lipinski definition) is 0. The van der Waals surface area contributed by atoms with Gasteiger partial charge in [-0.1, -0.05) is 5.21 Å². The van der Waals surface area contributed by atoms with Crippen LogP contribution in [0.5, 0.6) is 0 Å². The van der Waals surface area contributed by atoms with E-state index in [-0.39, 0.29) is 12.4 Å². The Kier molecular flexibility index (Phi) is 4.32. The Labute approximate surface area is 149 Å². The van der Waals surface area contributed by atoms with E-state index < -0.39 is 18.1 Å². The summed E-state index contributed by atoms with van der Waals surface area (Å²) in [6.07, 6.45) is 2.75. The van der Waals surface area contributed by atoms with E-state index in [1.54, 1.807) is 18.3 Å². The fraction of sp³-hybridized carbons (Fsp3) is 0.125. The molecule has 11 heteroatoms. The number of hydrogen-bond acceptors (Lipinski definition) is 7. The third kappa shape index (κ3) is 3.52. The van der Waals surface area contributed by atoms with Gasteiger partial charge in [0.05, 0.1) is 30.2 Å².